The van der Waals surface area contributed by atoms with Gasteiger partial charge in [-0.05, 0) is 24.3 Å². The van der Waals surface area contributed by atoms with E-state index in [1.807, 2.05) is 0 Å². The molecule has 0 bridgehead atoms. The summed E-state index contributed by atoms with van der Waals surface area (Å²) in [6.07, 6.45) is 0. The molecule has 0 fully saturated rings. The number of Topliss-reactive ketones (excluding diaryl/α,β-unsaturated/α-hetero) is 1. The van der Waals surface area contributed by atoms with Crippen LogP contribution in [0.15, 0.2) is 59.9 Å². The highest BCUT2D eigenvalue weighted by Crippen LogP contribution is 2.44. The second-order valence-corrected chi connectivity index (χ2v) is 7.42. The summed E-state index contributed by atoms with van der Waals surface area (Å²) in [5.41, 5.74) is -0.935. The molecule has 1 atom stereocenters. The number of carbonyl (C=O) groups excluding carboxylic acids is 2. The van der Waals surface area contributed by atoms with Crippen LogP contribution in [-0.4, -0.2) is 16.8 Å². The number of nitrogens with zero attached hydrogens (tertiary/aromatic N) is 1. The van der Waals surface area contributed by atoms with Crippen LogP contribution < -0.4 is 4.90 Å². The Morgan fingerprint density at radius 3 is 2.33 bits per heavy atom. The van der Waals surface area contributed by atoms with Crippen molar-refractivity contribution in [3.63, 3.8) is 0 Å². The number of carbonyl (C=O) groups is 2. The van der Waals surface area contributed by atoms with Crippen molar-refractivity contribution < 1.29 is 23.5 Å². The highest BCUT2D eigenvalue weighted by atomic mass is 19.1. The van der Waals surface area contributed by atoms with E-state index in [0.29, 0.717) is 0 Å². The largest absolute Gasteiger partial charge is 0.503 e. The zero-order chi connectivity index (χ0) is 19.9. The lowest BCUT2D eigenvalue weighted by molar-refractivity contribution is -0.123. The number of aliphatic hydroxyl groups excluding tert-OH is 1. The molecule has 1 N–H and O–H groups in total. The van der Waals surface area contributed by atoms with Crippen LogP contribution >= 0.6 is 0 Å². The fraction of sp³-hybridized carbons (Fsp3) is 0.238. The molecule has 1 aliphatic rings. The Kier molecular flexibility index (Phi) is 4.59. The Morgan fingerprint density at radius 2 is 1.74 bits per heavy atom. The third-order valence-corrected chi connectivity index (χ3v) is 4.42. The quantitative estimate of drug-likeness (QED) is 0.865. The Morgan fingerprint density at radius 1 is 1.07 bits per heavy atom. The van der Waals surface area contributed by atoms with E-state index in [1.54, 1.807) is 26.8 Å². The lowest BCUT2D eigenvalue weighted by Gasteiger charge is -2.29. The van der Waals surface area contributed by atoms with Gasteiger partial charge >= 0.3 is 0 Å². The first kappa shape index (κ1) is 18.8. The van der Waals surface area contributed by atoms with Crippen LogP contribution in [0.2, 0.25) is 0 Å². The number of ketones is 1. The van der Waals surface area contributed by atoms with Crippen molar-refractivity contribution in [2.45, 2.75) is 26.8 Å². The van der Waals surface area contributed by atoms with Crippen LogP contribution in [0.1, 0.15) is 32.4 Å². The highest BCUT2D eigenvalue weighted by Gasteiger charge is 2.47. The molecule has 4 nitrogen and oxygen atoms in total. The summed E-state index contributed by atoms with van der Waals surface area (Å²) >= 11 is 0. The van der Waals surface area contributed by atoms with E-state index in [9.17, 15) is 23.5 Å². The second-order valence-electron chi connectivity index (χ2n) is 7.42. The number of rotatable bonds is 3. The van der Waals surface area contributed by atoms with E-state index >= 15 is 0 Å². The van der Waals surface area contributed by atoms with Gasteiger partial charge in [-0.3, -0.25) is 14.5 Å². The zero-order valence-electron chi connectivity index (χ0n) is 15.2. The molecule has 2 aromatic rings. The molecular formula is C21H19F2NO3. The van der Waals surface area contributed by atoms with Gasteiger partial charge in [-0.15, -0.1) is 0 Å². The first-order valence-electron chi connectivity index (χ1n) is 8.44. The zero-order valence-corrected chi connectivity index (χ0v) is 15.2. The van der Waals surface area contributed by atoms with Gasteiger partial charge in [0.1, 0.15) is 11.6 Å². The minimum absolute atomic E-state index is 0.0479. The summed E-state index contributed by atoms with van der Waals surface area (Å²) in [6, 6.07) is 9.68. The molecule has 0 radical (unpaired) electrons. The standard InChI is InChI=1S/C21H19F2NO3/c1-21(2,3)19(26)16-17(14-9-4-5-10-15(14)23)24(20(27)18(16)25)13-8-6-7-12(22)11-13/h4-11,17,25H,1-3H3. The van der Waals surface area contributed by atoms with E-state index in [4.69, 9.17) is 0 Å². The SMILES string of the molecule is CC(C)(C)C(=O)C1=C(O)C(=O)N(c2cccc(F)c2)C1c1ccccc1F. The normalized spacial score (nSPS) is 17.6. The molecule has 0 saturated heterocycles. The maximum atomic E-state index is 14.6. The molecule has 0 aliphatic carbocycles. The number of anilines is 1. The van der Waals surface area contributed by atoms with Crippen LogP contribution in [0.5, 0.6) is 0 Å². The third kappa shape index (κ3) is 3.23. The minimum atomic E-state index is -1.19. The smallest absolute Gasteiger partial charge is 0.294 e. The van der Waals surface area contributed by atoms with Crippen LogP contribution in [0.25, 0.3) is 0 Å². The molecule has 1 unspecified atom stereocenters. The van der Waals surface area contributed by atoms with Crippen molar-refractivity contribution >= 4 is 17.4 Å². The summed E-state index contributed by atoms with van der Waals surface area (Å²) in [5, 5.41) is 10.5. The maximum absolute atomic E-state index is 14.6. The van der Waals surface area contributed by atoms with Crippen molar-refractivity contribution in [1.82, 2.24) is 0 Å². The number of halogens is 2. The van der Waals surface area contributed by atoms with Crippen molar-refractivity contribution in [3.05, 3.63) is 77.1 Å². The summed E-state index contributed by atoms with van der Waals surface area (Å²) in [4.78, 5) is 26.8. The molecule has 0 aromatic heterocycles. The molecule has 0 spiro atoms. The van der Waals surface area contributed by atoms with Crippen LogP contribution in [0, 0.1) is 17.0 Å². The predicted molar refractivity (Wildman–Crippen MR) is 97.1 cm³/mol. The van der Waals surface area contributed by atoms with Gasteiger partial charge in [0, 0.05) is 16.7 Å². The van der Waals surface area contributed by atoms with Crippen LogP contribution in [-0.2, 0) is 9.59 Å². The number of aliphatic hydroxyl groups is 1. The van der Waals surface area contributed by atoms with E-state index in [1.165, 1.54) is 36.4 Å². The average molecular weight is 371 g/mol. The third-order valence-electron chi connectivity index (χ3n) is 4.42. The number of hydrogen-bond acceptors (Lipinski definition) is 3. The lowest BCUT2D eigenvalue weighted by Crippen LogP contribution is -2.33. The van der Waals surface area contributed by atoms with Gasteiger partial charge in [0.05, 0.1) is 11.6 Å². The van der Waals surface area contributed by atoms with Crippen LogP contribution in [0.3, 0.4) is 0 Å². The molecule has 1 amide bonds. The summed E-state index contributed by atoms with van der Waals surface area (Å²) < 4.78 is 28.3. The average Bonchev–Trinajstić information content (AvgIpc) is 2.85. The van der Waals surface area contributed by atoms with Gasteiger partial charge < -0.3 is 5.11 Å². The molecule has 3 rings (SSSR count). The van der Waals surface area contributed by atoms with Gasteiger partial charge in [-0.2, -0.15) is 0 Å². The first-order chi connectivity index (χ1) is 12.6. The second kappa shape index (κ2) is 6.61. The topological polar surface area (TPSA) is 57.6 Å². The number of amides is 1. The fourth-order valence-corrected chi connectivity index (χ4v) is 3.12. The van der Waals surface area contributed by atoms with Gasteiger partial charge in [-0.1, -0.05) is 45.0 Å². The van der Waals surface area contributed by atoms with E-state index in [2.05, 4.69) is 0 Å². The van der Waals surface area contributed by atoms with Gasteiger partial charge in [-0.25, -0.2) is 8.78 Å². The summed E-state index contributed by atoms with van der Waals surface area (Å²) in [5.74, 6) is -3.33. The molecule has 1 heterocycles. The molecule has 140 valence electrons. The predicted octanol–water partition coefficient (Wildman–Crippen LogP) is 4.48. The van der Waals surface area contributed by atoms with Crippen LogP contribution in [0.4, 0.5) is 14.5 Å². The van der Waals surface area contributed by atoms with E-state index < -0.39 is 40.5 Å². The van der Waals surface area contributed by atoms with Gasteiger partial charge in [0.2, 0.25) is 0 Å². The Hall–Kier alpha value is -3.02. The summed E-state index contributed by atoms with van der Waals surface area (Å²) in [7, 11) is 0. The molecule has 27 heavy (non-hydrogen) atoms. The highest BCUT2D eigenvalue weighted by molar-refractivity contribution is 6.17. The molecule has 6 heteroatoms. The first-order valence-corrected chi connectivity index (χ1v) is 8.44. The minimum Gasteiger partial charge on any atom is -0.503 e. The van der Waals surface area contributed by atoms with Crippen molar-refractivity contribution in [2.24, 2.45) is 5.41 Å². The van der Waals surface area contributed by atoms with Crippen molar-refractivity contribution in [3.8, 4) is 0 Å². The molecule has 1 aliphatic heterocycles. The molecule has 0 saturated carbocycles. The number of benzene rings is 2. The van der Waals surface area contributed by atoms with E-state index in [0.717, 1.165) is 11.0 Å². The molecular weight excluding hydrogens is 352 g/mol. The Labute approximate surface area is 155 Å². The van der Waals surface area contributed by atoms with Crippen molar-refractivity contribution in [2.75, 3.05) is 4.90 Å². The lowest BCUT2D eigenvalue weighted by atomic mass is 9.82. The number of hydrogen-bond donors (Lipinski definition) is 1. The summed E-state index contributed by atoms with van der Waals surface area (Å²) in [6.45, 7) is 4.93. The van der Waals surface area contributed by atoms with Gasteiger partial charge in [0.15, 0.2) is 11.5 Å². The maximum Gasteiger partial charge on any atom is 0.294 e. The van der Waals surface area contributed by atoms with Crippen molar-refractivity contribution in [1.29, 1.82) is 0 Å². The van der Waals surface area contributed by atoms with Gasteiger partial charge in [0.25, 0.3) is 5.91 Å². The fourth-order valence-electron chi connectivity index (χ4n) is 3.12. The Balaban J connectivity index is 2.25. The monoisotopic (exact) mass is 371 g/mol. The Bertz CT molecular complexity index is 960. The van der Waals surface area contributed by atoms with E-state index in [-0.39, 0.29) is 16.8 Å². The molecule has 2 aromatic carbocycles.